The molecule has 128 valence electrons. The van der Waals surface area contributed by atoms with Crippen LogP contribution in [0.15, 0.2) is 24.3 Å². The molecule has 1 aromatic rings. The van der Waals surface area contributed by atoms with E-state index in [1.807, 2.05) is 24.3 Å². The Morgan fingerprint density at radius 3 is 2.87 bits per heavy atom. The molecule has 1 aliphatic heterocycles. The lowest BCUT2D eigenvalue weighted by molar-refractivity contribution is 0.0496. The van der Waals surface area contributed by atoms with E-state index in [2.05, 4.69) is 10.6 Å². The van der Waals surface area contributed by atoms with Gasteiger partial charge in [0.1, 0.15) is 0 Å². The van der Waals surface area contributed by atoms with Gasteiger partial charge in [-0.15, -0.1) is 0 Å². The van der Waals surface area contributed by atoms with Crippen molar-refractivity contribution >= 4 is 11.6 Å². The molecule has 4 nitrogen and oxygen atoms in total. The fraction of sp³-hybridized carbons (Fsp3) is 0.667. The molecule has 4 unspecified atom stereocenters. The molecule has 5 heteroatoms. The van der Waals surface area contributed by atoms with Crippen LogP contribution < -0.4 is 10.6 Å². The zero-order valence-electron chi connectivity index (χ0n) is 13.8. The van der Waals surface area contributed by atoms with Crippen molar-refractivity contribution < 1.29 is 9.47 Å². The zero-order chi connectivity index (χ0) is 16.1. The lowest BCUT2D eigenvalue weighted by Crippen LogP contribution is -2.51. The first kappa shape index (κ1) is 17.2. The maximum atomic E-state index is 5.97. The van der Waals surface area contributed by atoms with E-state index in [9.17, 15) is 0 Å². The summed E-state index contributed by atoms with van der Waals surface area (Å²) in [6, 6.07) is 8.95. The second-order valence-corrected chi connectivity index (χ2v) is 6.96. The van der Waals surface area contributed by atoms with Crippen LogP contribution in [0.2, 0.25) is 5.02 Å². The van der Waals surface area contributed by atoms with Crippen molar-refractivity contribution in [1.82, 2.24) is 10.6 Å². The summed E-state index contributed by atoms with van der Waals surface area (Å²) in [6.07, 6.45) is 3.86. The minimum absolute atomic E-state index is 0.0593. The number of rotatable bonds is 6. The number of morpholine rings is 1. The molecule has 2 N–H and O–H groups in total. The maximum absolute atomic E-state index is 5.97. The van der Waals surface area contributed by atoms with E-state index in [1.165, 1.54) is 19.3 Å². The molecule has 1 saturated heterocycles. The van der Waals surface area contributed by atoms with Gasteiger partial charge in [0.2, 0.25) is 0 Å². The molecule has 1 heterocycles. The predicted octanol–water partition coefficient (Wildman–Crippen LogP) is 2.77. The van der Waals surface area contributed by atoms with E-state index in [-0.39, 0.29) is 6.10 Å². The van der Waals surface area contributed by atoms with Crippen molar-refractivity contribution in [2.45, 2.75) is 37.5 Å². The third kappa shape index (κ3) is 4.46. The van der Waals surface area contributed by atoms with Gasteiger partial charge in [0.05, 0.1) is 19.3 Å². The van der Waals surface area contributed by atoms with Gasteiger partial charge in [-0.25, -0.2) is 0 Å². The van der Waals surface area contributed by atoms with Gasteiger partial charge in [-0.2, -0.15) is 0 Å². The standard InChI is InChI=1S/C18H27ClN2O2/c1-22-18(13-5-7-14(19)8-6-13)11-21-16-4-2-3-15(16)17-12-23-10-9-20-17/h5-8,15-18,20-21H,2-4,9-12H2,1H3. The topological polar surface area (TPSA) is 42.5 Å². The largest absolute Gasteiger partial charge is 0.379 e. The SMILES string of the molecule is COC(CNC1CCCC1C1COCCN1)c1ccc(Cl)cc1. The molecule has 1 aromatic carbocycles. The molecule has 23 heavy (non-hydrogen) atoms. The van der Waals surface area contributed by atoms with E-state index in [0.29, 0.717) is 18.0 Å². The van der Waals surface area contributed by atoms with E-state index in [4.69, 9.17) is 21.1 Å². The quantitative estimate of drug-likeness (QED) is 0.837. The van der Waals surface area contributed by atoms with Crippen LogP contribution in [-0.2, 0) is 9.47 Å². The summed E-state index contributed by atoms with van der Waals surface area (Å²) in [7, 11) is 1.77. The molecule has 0 aromatic heterocycles. The highest BCUT2D eigenvalue weighted by atomic mass is 35.5. The van der Waals surface area contributed by atoms with Gasteiger partial charge in [0.25, 0.3) is 0 Å². The molecule has 2 fully saturated rings. The first-order valence-corrected chi connectivity index (χ1v) is 8.98. The van der Waals surface area contributed by atoms with Crippen LogP contribution in [0.4, 0.5) is 0 Å². The number of nitrogens with one attached hydrogen (secondary N) is 2. The fourth-order valence-electron chi connectivity index (χ4n) is 3.86. The summed E-state index contributed by atoms with van der Waals surface area (Å²) in [5.41, 5.74) is 1.16. The van der Waals surface area contributed by atoms with Crippen LogP contribution >= 0.6 is 11.6 Å². The van der Waals surface area contributed by atoms with E-state index < -0.39 is 0 Å². The zero-order valence-corrected chi connectivity index (χ0v) is 14.5. The van der Waals surface area contributed by atoms with Crippen LogP contribution in [0, 0.1) is 5.92 Å². The van der Waals surface area contributed by atoms with Crippen molar-refractivity contribution in [3.63, 3.8) is 0 Å². The smallest absolute Gasteiger partial charge is 0.0945 e. The number of hydrogen-bond donors (Lipinski definition) is 2. The van der Waals surface area contributed by atoms with Gasteiger partial charge in [-0.3, -0.25) is 0 Å². The monoisotopic (exact) mass is 338 g/mol. The van der Waals surface area contributed by atoms with Crippen LogP contribution in [0.5, 0.6) is 0 Å². The van der Waals surface area contributed by atoms with Crippen molar-refractivity contribution in [3.8, 4) is 0 Å². The number of benzene rings is 1. The average Bonchev–Trinajstić information content (AvgIpc) is 3.06. The highest BCUT2D eigenvalue weighted by Crippen LogP contribution is 2.30. The molecule has 3 rings (SSSR count). The molecular formula is C18H27ClN2O2. The normalized spacial score (nSPS) is 29.6. The Morgan fingerprint density at radius 2 is 2.17 bits per heavy atom. The van der Waals surface area contributed by atoms with Crippen molar-refractivity contribution in [1.29, 1.82) is 0 Å². The van der Waals surface area contributed by atoms with Crippen LogP contribution in [0.3, 0.4) is 0 Å². The summed E-state index contributed by atoms with van der Waals surface area (Å²) >= 11 is 5.97. The molecular weight excluding hydrogens is 312 g/mol. The summed E-state index contributed by atoms with van der Waals surface area (Å²) in [4.78, 5) is 0. The predicted molar refractivity (Wildman–Crippen MR) is 92.9 cm³/mol. The molecule has 0 amide bonds. The van der Waals surface area contributed by atoms with Gasteiger partial charge >= 0.3 is 0 Å². The van der Waals surface area contributed by atoms with E-state index in [1.54, 1.807) is 7.11 Å². The summed E-state index contributed by atoms with van der Waals surface area (Å²) in [5, 5.41) is 8.12. The fourth-order valence-corrected chi connectivity index (χ4v) is 3.98. The summed E-state index contributed by atoms with van der Waals surface area (Å²) in [6.45, 7) is 3.48. The van der Waals surface area contributed by atoms with Gasteiger partial charge in [0.15, 0.2) is 0 Å². The molecule has 2 aliphatic rings. The Kier molecular flexibility index (Phi) is 6.31. The first-order valence-electron chi connectivity index (χ1n) is 8.60. The van der Waals surface area contributed by atoms with E-state index >= 15 is 0 Å². The molecule has 1 aliphatic carbocycles. The second kappa shape index (κ2) is 8.45. The molecule has 1 saturated carbocycles. The molecule has 0 bridgehead atoms. The second-order valence-electron chi connectivity index (χ2n) is 6.52. The minimum Gasteiger partial charge on any atom is -0.379 e. The summed E-state index contributed by atoms with van der Waals surface area (Å²) < 4.78 is 11.3. The Balaban J connectivity index is 1.56. The van der Waals surface area contributed by atoms with Crippen molar-refractivity contribution in [2.24, 2.45) is 5.92 Å². The molecule has 0 radical (unpaired) electrons. The van der Waals surface area contributed by atoms with Crippen LogP contribution in [0.25, 0.3) is 0 Å². The number of hydrogen-bond acceptors (Lipinski definition) is 4. The van der Waals surface area contributed by atoms with Crippen molar-refractivity contribution in [3.05, 3.63) is 34.9 Å². The van der Waals surface area contributed by atoms with Crippen LogP contribution in [0.1, 0.15) is 30.9 Å². The Hall–Kier alpha value is -0.650. The highest BCUT2D eigenvalue weighted by Gasteiger charge is 2.34. The number of ether oxygens (including phenoxy) is 2. The third-order valence-electron chi connectivity index (χ3n) is 5.13. The van der Waals surface area contributed by atoms with Crippen molar-refractivity contribution in [2.75, 3.05) is 33.4 Å². The third-order valence-corrected chi connectivity index (χ3v) is 5.38. The molecule has 4 atom stereocenters. The summed E-state index contributed by atoms with van der Waals surface area (Å²) in [5.74, 6) is 0.651. The lowest BCUT2D eigenvalue weighted by Gasteiger charge is -2.33. The Bertz CT molecular complexity index is 476. The maximum Gasteiger partial charge on any atom is 0.0945 e. The number of halogens is 1. The Labute approximate surface area is 143 Å². The number of methoxy groups -OCH3 is 1. The minimum atomic E-state index is 0.0593. The van der Waals surface area contributed by atoms with E-state index in [0.717, 1.165) is 36.9 Å². The Morgan fingerprint density at radius 1 is 1.35 bits per heavy atom. The van der Waals surface area contributed by atoms with Gasteiger partial charge in [0, 0.05) is 37.3 Å². The highest BCUT2D eigenvalue weighted by molar-refractivity contribution is 6.30. The van der Waals surface area contributed by atoms with Gasteiger partial charge in [-0.05, 0) is 36.5 Å². The van der Waals surface area contributed by atoms with Gasteiger partial charge in [-0.1, -0.05) is 30.2 Å². The average molecular weight is 339 g/mol. The first-order chi connectivity index (χ1) is 11.3. The van der Waals surface area contributed by atoms with Crippen LogP contribution in [-0.4, -0.2) is 45.5 Å². The molecule has 0 spiro atoms. The van der Waals surface area contributed by atoms with Gasteiger partial charge < -0.3 is 20.1 Å². The lowest BCUT2D eigenvalue weighted by atomic mass is 9.93.